The predicted molar refractivity (Wildman–Crippen MR) is 81.5 cm³/mol. The van der Waals surface area contributed by atoms with Crippen molar-refractivity contribution in [2.45, 2.75) is 19.3 Å². The normalized spacial score (nSPS) is 11.2. The van der Waals surface area contributed by atoms with Crippen molar-refractivity contribution < 1.29 is 4.39 Å². The van der Waals surface area contributed by atoms with Crippen LogP contribution in [0.2, 0.25) is 0 Å². The van der Waals surface area contributed by atoms with Crippen LogP contribution in [0.3, 0.4) is 0 Å². The summed E-state index contributed by atoms with van der Waals surface area (Å²) in [6, 6.07) is 5.96. The van der Waals surface area contributed by atoms with E-state index in [2.05, 4.69) is 15.3 Å². The third kappa shape index (κ3) is 3.02. The molecule has 2 aromatic heterocycles. The van der Waals surface area contributed by atoms with Gasteiger partial charge in [-0.05, 0) is 30.7 Å². The van der Waals surface area contributed by atoms with Gasteiger partial charge in [0.25, 0.3) is 5.56 Å². The van der Waals surface area contributed by atoms with E-state index in [0.717, 1.165) is 23.4 Å². The Kier molecular flexibility index (Phi) is 4.21. The molecule has 0 fully saturated rings. The molecule has 0 radical (unpaired) electrons. The van der Waals surface area contributed by atoms with E-state index in [4.69, 9.17) is 5.73 Å². The van der Waals surface area contributed by atoms with Crippen LogP contribution >= 0.6 is 11.3 Å². The van der Waals surface area contributed by atoms with Gasteiger partial charge in [0, 0.05) is 12.8 Å². The van der Waals surface area contributed by atoms with Crippen molar-refractivity contribution in [3.8, 4) is 0 Å². The molecule has 0 spiro atoms. The van der Waals surface area contributed by atoms with Gasteiger partial charge in [0.1, 0.15) is 16.5 Å². The molecule has 8 heteroatoms. The minimum absolute atomic E-state index is 0.287. The Morgan fingerprint density at radius 2 is 2.00 bits per heavy atom. The Hall–Kier alpha value is -2.19. The minimum Gasteiger partial charge on any atom is -0.330 e. The molecule has 1 aromatic carbocycles. The quantitative estimate of drug-likeness (QED) is 0.763. The third-order valence-corrected chi connectivity index (χ3v) is 4.14. The van der Waals surface area contributed by atoms with Gasteiger partial charge in [-0.2, -0.15) is 9.61 Å². The fraction of sp³-hybridized carbons (Fsp3) is 0.286. The van der Waals surface area contributed by atoms with E-state index < -0.39 is 0 Å². The van der Waals surface area contributed by atoms with Crippen molar-refractivity contribution in [1.82, 2.24) is 19.8 Å². The summed E-state index contributed by atoms with van der Waals surface area (Å²) >= 11 is 1.34. The van der Waals surface area contributed by atoms with Crippen LogP contribution < -0.4 is 11.3 Å². The molecule has 0 aliphatic carbocycles. The van der Waals surface area contributed by atoms with Crippen LogP contribution in [0.4, 0.5) is 4.39 Å². The third-order valence-electron chi connectivity index (χ3n) is 3.18. The number of aryl methyl sites for hydroxylation is 1. The zero-order chi connectivity index (χ0) is 15.5. The number of hydrogen-bond donors (Lipinski definition) is 1. The first-order valence-electron chi connectivity index (χ1n) is 6.86. The largest absolute Gasteiger partial charge is 0.330 e. The standard InChI is InChI=1S/C14H14FN5OS/c15-10-5-3-9(4-6-10)8-11-13(21)20-14(18-17-11)22-12(19-20)2-1-7-16/h3-6H,1-2,7-8,16H2. The second kappa shape index (κ2) is 6.29. The van der Waals surface area contributed by atoms with E-state index >= 15 is 0 Å². The lowest BCUT2D eigenvalue weighted by molar-refractivity contribution is 0.627. The van der Waals surface area contributed by atoms with Crippen LogP contribution in [-0.4, -0.2) is 26.4 Å². The van der Waals surface area contributed by atoms with E-state index in [-0.39, 0.29) is 11.4 Å². The van der Waals surface area contributed by atoms with Gasteiger partial charge >= 0.3 is 0 Å². The fourth-order valence-corrected chi connectivity index (χ4v) is 2.92. The fourth-order valence-electron chi connectivity index (χ4n) is 2.05. The molecule has 0 unspecified atom stereocenters. The summed E-state index contributed by atoms with van der Waals surface area (Å²) in [5, 5.41) is 13.1. The molecule has 0 atom stereocenters. The highest BCUT2D eigenvalue weighted by atomic mass is 32.1. The van der Waals surface area contributed by atoms with Gasteiger partial charge in [0.2, 0.25) is 4.96 Å². The van der Waals surface area contributed by atoms with Gasteiger partial charge < -0.3 is 5.73 Å². The molecule has 0 saturated carbocycles. The first kappa shape index (κ1) is 14.7. The second-order valence-corrected chi connectivity index (χ2v) is 5.88. The van der Waals surface area contributed by atoms with E-state index in [1.165, 1.54) is 28.0 Å². The number of rotatable bonds is 5. The number of fused-ring (bicyclic) bond motifs is 1. The number of nitrogens with zero attached hydrogens (tertiary/aromatic N) is 4. The van der Waals surface area contributed by atoms with Gasteiger partial charge in [-0.3, -0.25) is 4.79 Å². The SMILES string of the molecule is NCCCc1nn2c(=O)c(Cc3ccc(F)cc3)nnc2s1. The Morgan fingerprint density at radius 1 is 1.23 bits per heavy atom. The zero-order valence-electron chi connectivity index (χ0n) is 11.7. The number of nitrogens with two attached hydrogens (primary N) is 1. The van der Waals surface area contributed by atoms with E-state index in [1.807, 2.05) is 0 Å². The molecule has 0 bridgehead atoms. The van der Waals surface area contributed by atoms with Crippen molar-refractivity contribution in [2.24, 2.45) is 5.73 Å². The maximum atomic E-state index is 12.9. The Balaban J connectivity index is 1.92. The summed E-state index contributed by atoms with van der Waals surface area (Å²) in [5.41, 5.74) is 6.28. The molecule has 2 N–H and O–H groups in total. The smallest absolute Gasteiger partial charge is 0.297 e. The maximum Gasteiger partial charge on any atom is 0.297 e. The summed E-state index contributed by atoms with van der Waals surface area (Å²) in [7, 11) is 0. The monoisotopic (exact) mass is 319 g/mol. The molecule has 0 aliphatic rings. The van der Waals surface area contributed by atoms with Crippen LogP contribution in [-0.2, 0) is 12.8 Å². The number of hydrogen-bond acceptors (Lipinski definition) is 6. The molecule has 2 heterocycles. The van der Waals surface area contributed by atoms with Crippen LogP contribution in [0, 0.1) is 5.82 Å². The van der Waals surface area contributed by atoms with Gasteiger partial charge in [0.15, 0.2) is 0 Å². The summed E-state index contributed by atoms with van der Waals surface area (Å²) in [4.78, 5) is 12.9. The van der Waals surface area contributed by atoms with Crippen molar-refractivity contribution in [2.75, 3.05) is 6.54 Å². The molecule has 0 amide bonds. The number of aromatic nitrogens is 4. The van der Waals surface area contributed by atoms with Crippen molar-refractivity contribution >= 4 is 16.3 Å². The van der Waals surface area contributed by atoms with Gasteiger partial charge in [-0.25, -0.2) is 4.39 Å². The van der Waals surface area contributed by atoms with E-state index in [1.54, 1.807) is 12.1 Å². The molecule has 0 saturated heterocycles. The number of benzene rings is 1. The summed E-state index contributed by atoms with van der Waals surface area (Å²) in [6.45, 7) is 0.576. The van der Waals surface area contributed by atoms with E-state index in [9.17, 15) is 9.18 Å². The van der Waals surface area contributed by atoms with Crippen molar-refractivity contribution in [1.29, 1.82) is 0 Å². The Morgan fingerprint density at radius 3 is 2.73 bits per heavy atom. The van der Waals surface area contributed by atoms with Crippen LogP contribution in [0.25, 0.3) is 4.96 Å². The first-order valence-corrected chi connectivity index (χ1v) is 7.68. The topological polar surface area (TPSA) is 86.2 Å². The van der Waals surface area contributed by atoms with E-state index in [0.29, 0.717) is 23.6 Å². The molecule has 3 aromatic rings. The molecule has 3 rings (SSSR count). The highest BCUT2D eigenvalue weighted by molar-refractivity contribution is 7.16. The maximum absolute atomic E-state index is 12.9. The van der Waals surface area contributed by atoms with Gasteiger partial charge in [-0.1, -0.05) is 23.5 Å². The lowest BCUT2D eigenvalue weighted by Crippen LogP contribution is -2.22. The van der Waals surface area contributed by atoms with Crippen LogP contribution in [0.1, 0.15) is 22.7 Å². The predicted octanol–water partition coefficient (Wildman–Crippen LogP) is 1.17. The summed E-state index contributed by atoms with van der Waals surface area (Å²) in [5.74, 6) is -0.314. The molecule has 22 heavy (non-hydrogen) atoms. The molecule has 6 nitrogen and oxygen atoms in total. The summed E-state index contributed by atoms with van der Waals surface area (Å²) in [6.07, 6.45) is 1.83. The average Bonchev–Trinajstić information content (AvgIpc) is 2.94. The lowest BCUT2D eigenvalue weighted by Gasteiger charge is -1.99. The zero-order valence-corrected chi connectivity index (χ0v) is 12.5. The molecule has 0 aliphatic heterocycles. The van der Waals surface area contributed by atoms with Gasteiger partial charge in [-0.15, -0.1) is 10.2 Å². The summed E-state index contributed by atoms with van der Waals surface area (Å²) < 4.78 is 14.2. The van der Waals surface area contributed by atoms with Crippen LogP contribution in [0.15, 0.2) is 29.1 Å². The lowest BCUT2D eigenvalue weighted by atomic mass is 10.1. The average molecular weight is 319 g/mol. The highest BCUT2D eigenvalue weighted by Gasteiger charge is 2.12. The highest BCUT2D eigenvalue weighted by Crippen LogP contribution is 2.12. The molecular weight excluding hydrogens is 305 g/mol. The molecule has 114 valence electrons. The van der Waals surface area contributed by atoms with Crippen molar-refractivity contribution in [3.05, 3.63) is 56.7 Å². The molecular formula is C14H14FN5OS. The van der Waals surface area contributed by atoms with Gasteiger partial charge in [0.05, 0.1) is 0 Å². The second-order valence-electron chi connectivity index (χ2n) is 4.84. The Bertz CT molecular complexity index is 843. The van der Waals surface area contributed by atoms with Crippen molar-refractivity contribution in [3.63, 3.8) is 0 Å². The number of halogens is 1. The first-order chi connectivity index (χ1) is 10.7. The Labute approximate surface area is 129 Å². The minimum atomic E-state index is -0.314. The van der Waals surface area contributed by atoms with Crippen LogP contribution in [0.5, 0.6) is 0 Å².